The van der Waals surface area contributed by atoms with Crippen molar-refractivity contribution in [2.75, 3.05) is 12.4 Å². The van der Waals surface area contributed by atoms with Crippen molar-refractivity contribution in [3.05, 3.63) is 50.2 Å². The molecule has 0 aliphatic heterocycles. The summed E-state index contributed by atoms with van der Waals surface area (Å²) in [5.41, 5.74) is 1.34. The van der Waals surface area contributed by atoms with Crippen LogP contribution in [0.2, 0.25) is 5.02 Å². The number of rotatable bonds is 3. The quantitative estimate of drug-likeness (QED) is 0.867. The Labute approximate surface area is 131 Å². The Hall–Kier alpha value is -1.85. The lowest BCUT2D eigenvalue weighted by Gasteiger charge is -2.08. The number of aryl methyl sites for hydroxylation is 2. The highest BCUT2D eigenvalue weighted by Gasteiger charge is 2.15. The number of ether oxygens (including phenoxy) is 1. The van der Waals surface area contributed by atoms with Gasteiger partial charge in [-0.25, -0.2) is 4.79 Å². The SMILES string of the molecule is COC(=O)c1cc(NC(=O)c2cc(C)sc2C)ccc1Cl. The first-order valence-electron chi connectivity index (χ1n) is 6.18. The predicted molar refractivity (Wildman–Crippen MR) is 84.5 cm³/mol. The highest BCUT2D eigenvalue weighted by molar-refractivity contribution is 7.12. The summed E-state index contributed by atoms with van der Waals surface area (Å²) in [5.74, 6) is -0.756. The fourth-order valence-electron chi connectivity index (χ4n) is 1.92. The molecule has 0 aliphatic carbocycles. The molecule has 110 valence electrons. The number of benzene rings is 1. The van der Waals surface area contributed by atoms with Crippen molar-refractivity contribution in [1.82, 2.24) is 0 Å². The Bertz CT molecular complexity index is 709. The van der Waals surface area contributed by atoms with Crippen LogP contribution in [0.5, 0.6) is 0 Å². The molecule has 0 unspecified atom stereocenters. The molecule has 0 radical (unpaired) electrons. The molecule has 21 heavy (non-hydrogen) atoms. The number of methoxy groups -OCH3 is 1. The molecule has 0 saturated heterocycles. The fraction of sp³-hybridized carbons (Fsp3) is 0.200. The number of anilines is 1. The van der Waals surface area contributed by atoms with Crippen LogP contribution in [-0.4, -0.2) is 19.0 Å². The van der Waals surface area contributed by atoms with Gasteiger partial charge in [-0.05, 0) is 38.1 Å². The van der Waals surface area contributed by atoms with Crippen LogP contribution in [0.15, 0.2) is 24.3 Å². The van der Waals surface area contributed by atoms with Crippen molar-refractivity contribution in [2.45, 2.75) is 13.8 Å². The normalized spacial score (nSPS) is 10.3. The zero-order valence-corrected chi connectivity index (χ0v) is 13.4. The van der Waals surface area contributed by atoms with Gasteiger partial charge in [0.25, 0.3) is 5.91 Å². The topological polar surface area (TPSA) is 55.4 Å². The molecule has 1 aromatic carbocycles. The Morgan fingerprint density at radius 1 is 1.19 bits per heavy atom. The second kappa shape index (κ2) is 6.28. The molecule has 0 aliphatic rings. The zero-order chi connectivity index (χ0) is 15.6. The molecule has 0 bridgehead atoms. The summed E-state index contributed by atoms with van der Waals surface area (Å²) in [6.45, 7) is 3.85. The first-order chi connectivity index (χ1) is 9.92. The van der Waals surface area contributed by atoms with Gasteiger partial charge in [-0.15, -0.1) is 11.3 Å². The molecule has 1 amide bonds. The third-order valence-corrected chi connectivity index (χ3v) is 4.21. The maximum absolute atomic E-state index is 12.2. The van der Waals surface area contributed by atoms with Crippen LogP contribution in [0.3, 0.4) is 0 Å². The van der Waals surface area contributed by atoms with Gasteiger partial charge < -0.3 is 10.1 Å². The predicted octanol–water partition coefficient (Wildman–Crippen LogP) is 4.06. The summed E-state index contributed by atoms with van der Waals surface area (Å²) in [7, 11) is 1.28. The molecule has 1 N–H and O–H groups in total. The molecule has 4 nitrogen and oxygen atoms in total. The van der Waals surface area contributed by atoms with Gasteiger partial charge in [0.15, 0.2) is 0 Å². The average molecular weight is 324 g/mol. The van der Waals surface area contributed by atoms with Crippen molar-refractivity contribution < 1.29 is 14.3 Å². The summed E-state index contributed by atoms with van der Waals surface area (Å²) in [4.78, 5) is 25.8. The molecular formula is C15H14ClNO3S. The summed E-state index contributed by atoms with van der Waals surface area (Å²) in [6, 6.07) is 6.53. The fourth-order valence-corrected chi connectivity index (χ4v) is 3.04. The van der Waals surface area contributed by atoms with Gasteiger partial charge in [-0.3, -0.25) is 4.79 Å². The lowest BCUT2D eigenvalue weighted by atomic mass is 10.2. The average Bonchev–Trinajstić information content (AvgIpc) is 2.79. The lowest BCUT2D eigenvalue weighted by Crippen LogP contribution is -2.13. The van der Waals surface area contributed by atoms with Crippen LogP contribution < -0.4 is 5.32 Å². The van der Waals surface area contributed by atoms with Crippen LogP contribution in [0, 0.1) is 13.8 Å². The molecule has 6 heteroatoms. The minimum atomic E-state index is -0.543. The van der Waals surface area contributed by atoms with Crippen LogP contribution in [0.4, 0.5) is 5.69 Å². The highest BCUT2D eigenvalue weighted by Crippen LogP contribution is 2.24. The molecular weight excluding hydrogens is 310 g/mol. The van der Waals surface area contributed by atoms with Gasteiger partial charge in [-0.2, -0.15) is 0 Å². The first kappa shape index (κ1) is 15.5. The third kappa shape index (κ3) is 3.43. The van der Waals surface area contributed by atoms with E-state index >= 15 is 0 Å². The number of amides is 1. The summed E-state index contributed by atoms with van der Waals surface area (Å²) < 4.78 is 4.65. The number of thiophene rings is 1. The maximum Gasteiger partial charge on any atom is 0.339 e. The number of hydrogen-bond acceptors (Lipinski definition) is 4. The molecule has 2 rings (SSSR count). The van der Waals surface area contributed by atoms with Crippen LogP contribution in [-0.2, 0) is 4.74 Å². The van der Waals surface area contributed by atoms with E-state index in [2.05, 4.69) is 10.1 Å². The van der Waals surface area contributed by atoms with Gasteiger partial charge in [0.1, 0.15) is 0 Å². The van der Waals surface area contributed by atoms with Crippen molar-refractivity contribution in [1.29, 1.82) is 0 Å². The van der Waals surface area contributed by atoms with Crippen LogP contribution in [0.25, 0.3) is 0 Å². The molecule has 1 heterocycles. The van der Waals surface area contributed by atoms with E-state index in [4.69, 9.17) is 11.6 Å². The van der Waals surface area contributed by atoms with Gasteiger partial charge in [0.2, 0.25) is 0 Å². The van der Waals surface area contributed by atoms with E-state index in [9.17, 15) is 9.59 Å². The van der Waals surface area contributed by atoms with E-state index in [1.165, 1.54) is 13.2 Å². The van der Waals surface area contributed by atoms with Gasteiger partial charge >= 0.3 is 5.97 Å². The lowest BCUT2D eigenvalue weighted by molar-refractivity contribution is 0.0600. The summed E-state index contributed by atoms with van der Waals surface area (Å²) in [5, 5.41) is 3.04. The summed E-state index contributed by atoms with van der Waals surface area (Å²) in [6.07, 6.45) is 0. The zero-order valence-electron chi connectivity index (χ0n) is 11.8. The number of nitrogens with one attached hydrogen (secondary N) is 1. The smallest absolute Gasteiger partial charge is 0.339 e. The van der Waals surface area contributed by atoms with Crippen LogP contribution in [0.1, 0.15) is 30.5 Å². The molecule has 0 spiro atoms. The van der Waals surface area contributed by atoms with Gasteiger partial charge in [0, 0.05) is 15.4 Å². The van der Waals surface area contributed by atoms with Crippen LogP contribution >= 0.6 is 22.9 Å². The number of carbonyl (C=O) groups excluding carboxylic acids is 2. The third-order valence-electron chi connectivity index (χ3n) is 2.92. The maximum atomic E-state index is 12.2. The van der Waals surface area contributed by atoms with E-state index in [0.29, 0.717) is 11.3 Å². The van der Waals surface area contributed by atoms with E-state index in [1.807, 2.05) is 19.9 Å². The van der Waals surface area contributed by atoms with Crippen molar-refractivity contribution in [3.8, 4) is 0 Å². The van der Waals surface area contributed by atoms with E-state index < -0.39 is 5.97 Å². The summed E-state index contributed by atoms with van der Waals surface area (Å²) >= 11 is 7.51. The Kier molecular flexibility index (Phi) is 4.65. The van der Waals surface area contributed by atoms with Crippen molar-refractivity contribution in [3.63, 3.8) is 0 Å². The molecule has 0 fully saturated rings. The Balaban J connectivity index is 2.26. The molecule has 2 aromatic rings. The second-order valence-corrected chi connectivity index (χ2v) is 6.33. The van der Waals surface area contributed by atoms with Gasteiger partial charge in [-0.1, -0.05) is 11.6 Å². The van der Waals surface area contributed by atoms with Crippen molar-refractivity contribution in [2.24, 2.45) is 0 Å². The minimum absolute atomic E-state index is 0.213. The number of hydrogen-bond donors (Lipinski definition) is 1. The molecule has 1 aromatic heterocycles. The standard InChI is InChI=1S/C15H14ClNO3S/c1-8-6-11(9(2)21-8)14(18)17-10-4-5-13(16)12(7-10)15(19)20-3/h4-7H,1-3H3,(H,17,18). The van der Waals surface area contributed by atoms with Crippen molar-refractivity contribution >= 4 is 40.5 Å². The molecule has 0 atom stereocenters. The number of halogens is 1. The van der Waals surface area contributed by atoms with E-state index in [1.54, 1.807) is 23.5 Å². The minimum Gasteiger partial charge on any atom is -0.465 e. The highest BCUT2D eigenvalue weighted by atomic mass is 35.5. The van der Waals surface area contributed by atoms with Gasteiger partial charge in [0.05, 0.1) is 23.3 Å². The van der Waals surface area contributed by atoms with E-state index in [-0.39, 0.29) is 16.5 Å². The Morgan fingerprint density at radius 3 is 2.48 bits per heavy atom. The molecule has 0 saturated carbocycles. The monoisotopic (exact) mass is 323 g/mol. The first-order valence-corrected chi connectivity index (χ1v) is 7.38. The van der Waals surface area contributed by atoms with E-state index in [0.717, 1.165) is 9.75 Å². The number of carbonyl (C=O) groups is 2. The number of esters is 1. The largest absolute Gasteiger partial charge is 0.465 e. The Morgan fingerprint density at radius 2 is 1.90 bits per heavy atom. The second-order valence-electron chi connectivity index (χ2n) is 4.47.